The molecule has 0 saturated carbocycles. The first-order valence-corrected chi connectivity index (χ1v) is 8.26. The third-order valence-corrected chi connectivity index (χ3v) is 3.59. The topological polar surface area (TPSA) is 102 Å². The van der Waals surface area contributed by atoms with Gasteiger partial charge in [0.15, 0.2) is 12.4 Å². The standard InChI is InChI=1S/C20H20N2O5/c1-13-5-3-7-16(9-13)20(26)21-11-19(25)27-12-18(24)22-17-8-4-6-15(10-17)14(2)23/h3-10H,11-12H2,1-2H3,(H,21,26)(H,22,24). The fourth-order valence-corrected chi connectivity index (χ4v) is 2.25. The van der Waals surface area contributed by atoms with Crippen molar-refractivity contribution in [3.8, 4) is 0 Å². The minimum absolute atomic E-state index is 0.123. The zero-order valence-electron chi connectivity index (χ0n) is 15.1. The van der Waals surface area contributed by atoms with Gasteiger partial charge in [-0.1, -0.05) is 29.8 Å². The van der Waals surface area contributed by atoms with Gasteiger partial charge in [-0.05, 0) is 38.1 Å². The van der Waals surface area contributed by atoms with Gasteiger partial charge in [-0.3, -0.25) is 19.2 Å². The van der Waals surface area contributed by atoms with E-state index in [1.165, 1.54) is 13.0 Å². The Hall–Kier alpha value is -3.48. The van der Waals surface area contributed by atoms with Gasteiger partial charge in [0.25, 0.3) is 11.8 Å². The maximum Gasteiger partial charge on any atom is 0.325 e. The molecule has 0 fully saturated rings. The molecule has 0 aliphatic carbocycles. The Labute approximate surface area is 156 Å². The number of carbonyl (C=O) groups excluding carboxylic acids is 4. The van der Waals surface area contributed by atoms with Crippen LogP contribution in [-0.4, -0.2) is 36.7 Å². The lowest BCUT2D eigenvalue weighted by molar-refractivity contribution is -0.146. The predicted molar refractivity (Wildman–Crippen MR) is 99.5 cm³/mol. The second-order valence-corrected chi connectivity index (χ2v) is 5.90. The van der Waals surface area contributed by atoms with Gasteiger partial charge in [0.05, 0.1) is 0 Å². The average Bonchev–Trinajstić information content (AvgIpc) is 2.64. The molecule has 2 N–H and O–H groups in total. The van der Waals surface area contributed by atoms with E-state index < -0.39 is 24.4 Å². The van der Waals surface area contributed by atoms with Crippen molar-refractivity contribution in [2.75, 3.05) is 18.5 Å². The molecule has 0 radical (unpaired) electrons. The average molecular weight is 368 g/mol. The number of esters is 1. The molecule has 0 atom stereocenters. The van der Waals surface area contributed by atoms with Gasteiger partial charge in [0.1, 0.15) is 6.54 Å². The van der Waals surface area contributed by atoms with Crippen LogP contribution in [0.5, 0.6) is 0 Å². The molecular weight excluding hydrogens is 348 g/mol. The van der Waals surface area contributed by atoms with Gasteiger partial charge in [0, 0.05) is 16.8 Å². The summed E-state index contributed by atoms with van der Waals surface area (Å²) in [5.41, 5.74) is 2.25. The smallest absolute Gasteiger partial charge is 0.325 e. The summed E-state index contributed by atoms with van der Waals surface area (Å²) in [6.45, 7) is 2.44. The molecule has 2 amide bonds. The van der Waals surface area contributed by atoms with E-state index >= 15 is 0 Å². The van der Waals surface area contributed by atoms with Crippen LogP contribution in [0.3, 0.4) is 0 Å². The van der Waals surface area contributed by atoms with Crippen molar-refractivity contribution in [3.63, 3.8) is 0 Å². The highest BCUT2D eigenvalue weighted by Crippen LogP contribution is 2.11. The van der Waals surface area contributed by atoms with Crippen molar-refractivity contribution in [1.82, 2.24) is 5.32 Å². The molecule has 27 heavy (non-hydrogen) atoms. The maximum absolute atomic E-state index is 11.9. The molecule has 0 unspecified atom stereocenters. The lowest BCUT2D eigenvalue weighted by Gasteiger charge is -2.08. The zero-order valence-corrected chi connectivity index (χ0v) is 15.1. The monoisotopic (exact) mass is 368 g/mol. The highest BCUT2D eigenvalue weighted by Gasteiger charge is 2.11. The van der Waals surface area contributed by atoms with Crippen LogP contribution in [0.25, 0.3) is 0 Å². The van der Waals surface area contributed by atoms with E-state index in [1.807, 2.05) is 13.0 Å². The number of aryl methyl sites for hydroxylation is 1. The van der Waals surface area contributed by atoms with Crippen molar-refractivity contribution >= 4 is 29.3 Å². The first kappa shape index (κ1) is 19.8. The first-order valence-electron chi connectivity index (χ1n) is 8.26. The van der Waals surface area contributed by atoms with Crippen LogP contribution < -0.4 is 10.6 Å². The number of Topliss-reactive ketones (excluding diaryl/α,β-unsaturated/α-hetero) is 1. The number of carbonyl (C=O) groups is 4. The van der Waals surface area contributed by atoms with Crippen LogP contribution >= 0.6 is 0 Å². The number of ketones is 1. The van der Waals surface area contributed by atoms with E-state index in [9.17, 15) is 19.2 Å². The van der Waals surface area contributed by atoms with Crippen LogP contribution in [0.1, 0.15) is 33.2 Å². The summed E-state index contributed by atoms with van der Waals surface area (Å²) in [4.78, 5) is 46.8. The summed E-state index contributed by atoms with van der Waals surface area (Å²) >= 11 is 0. The molecule has 7 heteroatoms. The van der Waals surface area contributed by atoms with Crippen molar-refractivity contribution < 1.29 is 23.9 Å². The van der Waals surface area contributed by atoms with Crippen molar-refractivity contribution in [2.24, 2.45) is 0 Å². The Morgan fingerprint density at radius 2 is 1.67 bits per heavy atom. The summed E-state index contributed by atoms with van der Waals surface area (Å²) in [5, 5.41) is 4.97. The fourth-order valence-electron chi connectivity index (χ4n) is 2.25. The normalized spacial score (nSPS) is 10.0. The van der Waals surface area contributed by atoms with Gasteiger partial charge in [0.2, 0.25) is 0 Å². The Morgan fingerprint density at radius 3 is 2.37 bits per heavy atom. The van der Waals surface area contributed by atoms with Gasteiger partial charge >= 0.3 is 5.97 Å². The maximum atomic E-state index is 11.9. The number of rotatable bonds is 7. The van der Waals surface area contributed by atoms with Crippen molar-refractivity contribution in [1.29, 1.82) is 0 Å². The molecule has 140 valence electrons. The van der Waals surface area contributed by atoms with E-state index in [2.05, 4.69) is 10.6 Å². The minimum atomic E-state index is -0.733. The first-order chi connectivity index (χ1) is 12.8. The predicted octanol–water partition coefficient (Wildman–Crippen LogP) is 2.11. The minimum Gasteiger partial charge on any atom is -0.454 e. The second kappa shape index (κ2) is 9.28. The molecule has 0 saturated heterocycles. The van der Waals surface area contributed by atoms with E-state index in [1.54, 1.807) is 36.4 Å². The van der Waals surface area contributed by atoms with Crippen LogP contribution in [0.2, 0.25) is 0 Å². The lowest BCUT2D eigenvalue weighted by atomic mass is 10.1. The molecular formula is C20H20N2O5. The molecule has 2 rings (SSSR count). The van der Waals surface area contributed by atoms with Crippen LogP contribution in [0.4, 0.5) is 5.69 Å². The number of hydrogen-bond acceptors (Lipinski definition) is 5. The molecule has 7 nitrogen and oxygen atoms in total. The SMILES string of the molecule is CC(=O)c1cccc(NC(=O)COC(=O)CNC(=O)c2cccc(C)c2)c1. The molecule has 0 heterocycles. The quantitative estimate of drug-likeness (QED) is 0.576. The van der Waals surface area contributed by atoms with Gasteiger partial charge in [-0.2, -0.15) is 0 Å². The number of amides is 2. The molecule has 0 aromatic heterocycles. The molecule has 2 aromatic carbocycles. The van der Waals surface area contributed by atoms with E-state index in [0.717, 1.165) is 5.56 Å². The number of hydrogen-bond donors (Lipinski definition) is 2. The summed E-state index contributed by atoms with van der Waals surface area (Å²) in [6, 6.07) is 13.4. The summed E-state index contributed by atoms with van der Waals surface area (Å²) < 4.78 is 4.83. The third-order valence-electron chi connectivity index (χ3n) is 3.59. The molecule has 0 bridgehead atoms. The van der Waals surface area contributed by atoms with E-state index in [-0.39, 0.29) is 12.3 Å². The Morgan fingerprint density at radius 1 is 0.963 bits per heavy atom. The molecule has 2 aromatic rings. The largest absolute Gasteiger partial charge is 0.454 e. The third kappa shape index (κ3) is 6.39. The second-order valence-electron chi connectivity index (χ2n) is 5.90. The highest BCUT2D eigenvalue weighted by atomic mass is 16.5. The summed E-state index contributed by atoms with van der Waals surface area (Å²) in [6.07, 6.45) is 0. The van der Waals surface area contributed by atoms with Crippen molar-refractivity contribution in [2.45, 2.75) is 13.8 Å². The Bertz CT molecular complexity index is 876. The van der Waals surface area contributed by atoms with Gasteiger partial charge < -0.3 is 15.4 Å². The van der Waals surface area contributed by atoms with E-state index in [4.69, 9.17) is 4.74 Å². The fraction of sp³-hybridized carbons (Fsp3) is 0.200. The van der Waals surface area contributed by atoms with Gasteiger partial charge in [-0.25, -0.2) is 0 Å². The number of anilines is 1. The summed E-state index contributed by atoms with van der Waals surface area (Å²) in [7, 11) is 0. The number of benzene rings is 2. The number of nitrogens with one attached hydrogen (secondary N) is 2. The van der Waals surface area contributed by atoms with Crippen LogP contribution in [-0.2, 0) is 14.3 Å². The zero-order chi connectivity index (χ0) is 19.8. The molecule has 0 aliphatic rings. The highest BCUT2D eigenvalue weighted by molar-refractivity contribution is 5.98. The Balaban J connectivity index is 1.76. The Kier molecular flexibility index (Phi) is 6.82. The summed E-state index contributed by atoms with van der Waals surface area (Å²) in [5.74, 6) is -1.80. The molecule has 0 spiro atoms. The number of ether oxygens (including phenoxy) is 1. The molecule has 0 aliphatic heterocycles. The van der Waals surface area contributed by atoms with E-state index in [0.29, 0.717) is 16.8 Å². The van der Waals surface area contributed by atoms with Crippen LogP contribution in [0.15, 0.2) is 48.5 Å². The van der Waals surface area contributed by atoms with Crippen LogP contribution in [0, 0.1) is 6.92 Å². The van der Waals surface area contributed by atoms with Crippen molar-refractivity contribution in [3.05, 3.63) is 65.2 Å². The lowest BCUT2D eigenvalue weighted by Crippen LogP contribution is -2.32. The van der Waals surface area contributed by atoms with Gasteiger partial charge in [-0.15, -0.1) is 0 Å².